The lowest BCUT2D eigenvalue weighted by atomic mass is 10.2. The molecule has 0 rings (SSSR count). The molecule has 0 saturated heterocycles. The smallest absolute Gasteiger partial charge is 0.307 e. The van der Waals surface area contributed by atoms with Gasteiger partial charge >= 0.3 is 11.9 Å². The molecule has 106 valence electrons. The minimum absolute atomic E-state index is 0.0140. The molecule has 0 aliphatic rings. The third kappa shape index (κ3) is 7.94. The zero-order valence-electron chi connectivity index (χ0n) is 10.6. The van der Waals surface area contributed by atoms with Crippen molar-refractivity contribution in [3.63, 3.8) is 0 Å². The van der Waals surface area contributed by atoms with Gasteiger partial charge in [0.05, 0.1) is 32.1 Å². The molecule has 0 saturated carbocycles. The second kappa shape index (κ2) is 9.76. The number of halogens is 2. The number of ether oxygens (including phenoxy) is 2. The van der Waals surface area contributed by atoms with Crippen LogP contribution in [-0.2, 0) is 19.1 Å². The Morgan fingerprint density at radius 2 is 1.67 bits per heavy atom. The molecule has 0 aliphatic carbocycles. The summed E-state index contributed by atoms with van der Waals surface area (Å²) in [6, 6.07) is -1.31. The van der Waals surface area contributed by atoms with Crippen LogP contribution in [0.25, 0.3) is 0 Å². The van der Waals surface area contributed by atoms with Crippen LogP contribution in [0.15, 0.2) is 0 Å². The monoisotopic (exact) mass is 267 g/mol. The molecule has 0 aliphatic heterocycles. The Bertz CT molecular complexity index is 261. The van der Waals surface area contributed by atoms with Gasteiger partial charge in [-0.3, -0.25) is 9.59 Å². The minimum atomic E-state index is -2.70. The van der Waals surface area contributed by atoms with Gasteiger partial charge in [-0.15, -0.1) is 0 Å². The molecule has 0 amide bonds. The zero-order valence-corrected chi connectivity index (χ0v) is 10.6. The van der Waals surface area contributed by atoms with E-state index >= 15 is 0 Å². The summed E-state index contributed by atoms with van der Waals surface area (Å²) in [6.45, 7) is 3.70. The molecule has 0 bridgehead atoms. The van der Waals surface area contributed by atoms with E-state index in [0.717, 1.165) is 0 Å². The Morgan fingerprint density at radius 1 is 1.11 bits per heavy atom. The topological polar surface area (TPSA) is 64.6 Å². The predicted molar refractivity (Wildman–Crippen MR) is 60.3 cm³/mol. The van der Waals surface area contributed by atoms with Crippen LogP contribution in [0.5, 0.6) is 0 Å². The van der Waals surface area contributed by atoms with Gasteiger partial charge in [-0.05, 0) is 13.8 Å². The van der Waals surface area contributed by atoms with Gasteiger partial charge in [0, 0.05) is 6.54 Å². The average Bonchev–Trinajstić information content (AvgIpc) is 2.28. The van der Waals surface area contributed by atoms with Crippen LogP contribution >= 0.6 is 0 Å². The second-order valence-electron chi connectivity index (χ2n) is 3.46. The summed E-state index contributed by atoms with van der Waals surface area (Å²) in [5.74, 6) is -1.15. The van der Waals surface area contributed by atoms with E-state index in [-0.39, 0.29) is 26.2 Å². The Morgan fingerprint density at radius 3 is 2.17 bits per heavy atom. The molecule has 0 heterocycles. The van der Waals surface area contributed by atoms with Gasteiger partial charge in [-0.1, -0.05) is 0 Å². The molecular formula is C11H19F2NO4. The van der Waals surface area contributed by atoms with Gasteiger partial charge in [-0.25, -0.2) is 8.78 Å². The van der Waals surface area contributed by atoms with Crippen molar-refractivity contribution in [2.75, 3.05) is 19.8 Å². The van der Waals surface area contributed by atoms with Gasteiger partial charge in [0.25, 0.3) is 6.43 Å². The van der Waals surface area contributed by atoms with Gasteiger partial charge < -0.3 is 14.8 Å². The zero-order chi connectivity index (χ0) is 14.0. The quantitative estimate of drug-likeness (QED) is 0.634. The van der Waals surface area contributed by atoms with Crippen molar-refractivity contribution in [3.05, 3.63) is 0 Å². The molecular weight excluding hydrogens is 248 g/mol. The average molecular weight is 267 g/mol. The second-order valence-corrected chi connectivity index (χ2v) is 3.46. The third-order valence-electron chi connectivity index (χ3n) is 2.04. The van der Waals surface area contributed by atoms with Crippen molar-refractivity contribution in [1.82, 2.24) is 5.32 Å². The van der Waals surface area contributed by atoms with Crippen molar-refractivity contribution < 1.29 is 27.8 Å². The van der Waals surface area contributed by atoms with E-state index in [1.807, 2.05) is 0 Å². The summed E-state index contributed by atoms with van der Waals surface area (Å²) < 4.78 is 34.4. The normalized spacial score (nSPS) is 12.3. The van der Waals surface area contributed by atoms with Crippen molar-refractivity contribution >= 4 is 11.9 Å². The highest BCUT2D eigenvalue weighted by molar-refractivity contribution is 5.70. The number of rotatable bonds is 9. The molecule has 0 spiro atoms. The molecule has 0 fully saturated rings. The molecule has 0 aromatic carbocycles. The largest absolute Gasteiger partial charge is 0.466 e. The molecule has 0 aromatic rings. The molecule has 5 nitrogen and oxygen atoms in total. The SMILES string of the molecule is CCOC(=O)CCNC(CC(=O)OCC)C(F)F. The first-order valence-electron chi connectivity index (χ1n) is 5.84. The van der Waals surface area contributed by atoms with E-state index in [4.69, 9.17) is 0 Å². The first kappa shape index (κ1) is 16.8. The van der Waals surface area contributed by atoms with Crippen molar-refractivity contribution in [3.8, 4) is 0 Å². The first-order valence-corrected chi connectivity index (χ1v) is 5.84. The maximum atomic E-state index is 12.6. The summed E-state index contributed by atoms with van der Waals surface area (Å²) >= 11 is 0. The number of hydrogen-bond acceptors (Lipinski definition) is 5. The van der Waals surface area contributed by atoms with Crippen molar-refractivity contribution in [1.29, 1.82) is 0 Å². The molecule has 1 unspecified atom stereocenters. The molecule has 1 N–H and O–H groups in total. The maximum absolute atomic E-state index is 12.6. The third-order valence-corrected chi connectivity index (χ3v) is 2.04. The Hall–Kier alpha value is -1.24. The summed E-state index contributed by atoms with van der Waals surface area (Å²) in [5, 5.41) is 2.45. The van der Waals surface area contributed by atoms with Crippen LogP contribution in [0.2, 0.25) is 0 Å². The van der Waals surface area contributed by atoms with E-state index < -0.39 is 30.8 Å². The van der Waals surface area contributed by atoms with Crippen LogP contribution in [-0.4, -0.2) is 44.2 Å². The molecule has 1 atom stereocenters. The highest BCUT2D eigenvalue weighted by Gasteiger charge is 2.23. The van der Waals surface area contributed by atoms with E-state index in [1.54, 1.807) is 13.8 Å². The van der Waals surface area contributed by atoms with Crippen LogP contribution in [0.4, 0.5) is 8.78 Å². The fraction of sp³-hybridized carbons (Fsp3) is 0.818. The maximum Gasteiger partial charge on any atom is 0.307 e. The number of nitrogens with one attached hydrogen (secondary N) is 1. The lowest BCUT2D eigenvalue weighted by Gasteiger charge is -2.16. The number of esters is 2. The molecule has 18 heavy (non-hydrogen) atoms. The highest BCUT2D eigenvalue weighted by atomic mass is 19.3. The van der Waals surface area contributed by atoms with Crippen LogP contribution in [0.3, 0.4) is 0 Å². The predicted octanol–water partition coefficient (Wildman–Crippen LogP) is 1.12. The fourth-order valence-corrected chi connectivity index (χ4v) is 1.24. The Balaban J connectivity index is 3.97. The lowest BCUT2D eigenvalue weighted by molar-refractivity contribution is -0.144. The van der Waals surface area contributed by atoms with Crippen molar-refractivity contribution in [2.45, 2.75) is 39.2 Å². The minimum Gasteiger partial charge on any atom is -0.466 e. The van der Waals surface area contributed by atoms with Crippen LogP contribution in [0.1, 0.15) is 26.7 Å². The van der Waals surface area contributed by atoms with E-state index in [1.165, 1.54) is 0 Å². The molecule has 0 radical (unpaired) electrons. The summed E-state index contributed by atoms with van der Waals surface area (Å²) in [6.07, 6.45) is -3.13. The lowest BCUT2D eigenvalue weighted by Crippen LogP contribution is -2.39. The summed E-state index contributed by atoms with van der Waals surface area (Å²) in [4.78, 5) is 22.0. The first-order chi connectivity index (χ1) is 8.51. The number of alkyl halides is 2. The van der Waals surface area contributed by atoms with Crippen molar-refractivity contribution in [2.24, 2.45) is 0 Å². The number of carbonyl (C=O) groups is 2. The molecule has 7 heteroatoms. The van der Waals surface area contributed by atoms with Gasteiger partial charge in [0.15, 0.2) is 0 Å². The van der Waals surface area contributed by atoms with Gasteiger partial charge in [-0.2, -0.15) is 0 Å². The summed E-state index contributed by atoms with van der Waals surface area (Å²) in [7, 11) is 0. The molecule has 0 aromatic heterocycles. The number of carbonyl (C=O) groups excluding carboxylic acids is 2. The number of hydrogen-bond donors (Lipinski definition) is 1. The standard InChI is InChI=1S/C11H19F2NO4/c1-3-17-9(15)5-6-14-8(11(12)13)7-10(16)18-4-2/h8,11,14H,3-7H2,1-2H3. The highest BCUT2D eigenvalue weighted by Crippen LogP contribution is 2.06. The fourth-order valence-electron chi connectivity index (χ4n) is 1.24. The van der Waals surface area contributed by atoms with Gasteiger partial charge in [0.1, 0.15) is 0 Å². The van der Waals surface area contributed by atoms with E-state index in [0.29, 0.717) is 0 Å². The Labute approximate surface area is 105 Å². The van der Waals surface area contributed by atoms with E-state index in [2.05, 4.69) is 14.8 Å². The Kier molecular flexibility index (Phi) is 9.08. The van der Waals surface area contributed by atoms with Crippen LogP contribution < -0.4 is 5.32 Å². The van der Waals surface area contributed by atoms with Gasteiger partial charge in [0.2, 0.25) is 0 Å². The van der Waals surface area contributed by atoms with E-state index in [9.17, 15) is 18.4 Å². The summed E-state index contributed by atoms with van der Waals surface area (Å²) in [5.41, 5.74) is 0. The van der Waals surface area contributed by atoms with Crippen LogP contribution in [0, 0.1) is 0 Å².